The van der Waals surface area contributed by atoms with Gasteiger partial charge in [-0.15, -0.1) is 11.8 Å². The molecule has 0 bridgehead atoms. The van der Waals surface area contributed by atoms with E-state index in [9.17, 15) is 9.59 Å². The summed E-state index contributed by atoms with van der Waals surface area (Å²) in [5, 5.41) is 1.20. The zero-order chi connectivity index (χ0) is 17.4. The Morgan fingerprint density at radius 2 is 2.00 bits per heavy atom. The summed E-state index contributed by atoms with van der Waals surface area (Å²) >= 11 is 7.74. The van der Waals surface area contributed by atoms with Crippen molar-refractivity contribution in [2.24, 2.45) is 0 Å². The van der Waals surface area contributed by atoms with E-state index >= 15 is 0 Å². The van der Waals surface area contributed by atoms with Gasteiger partial charge in [0.25, 0.3) is 5.91 Å². The molecule has 0 N–H and O–H groups in total. The second kappa shape index (κ2) is 6.58. The highest BCUT2D eigenvalue weighted by molar-refractivity contribution is 7.99. The molecule has 0 radical (unpaired) electrons. The minimum absolute atomic E-state index is 0.0632. The maximum absolute atomic E-state index is 13.0. The van der Waals surface area contributed by atoms with E-state index in [1.165, 1.54) is 0 Å². The second-order valence-electron chi connectivity index (χ2n) is 5.76. The van der Waals surface area contributed by atoms with Crippen LogP contribution in [0.4, 0.5) is 0 Å². The van der Waals surface area contributed by atoms with Gasteiger partial charge in [0.2, 0.25) is 0 Å². The molecule has 4 rings (SSSR count). The number of carbonyl (C=O) groups is 1. The van der Waals surface area contributed by atoms with Gasteiger partial charge in [-0.3, -0.25) is 4.79 Å². The zero-order valence-electron chi connectivity index (χ0n) is 13.1. The van der Waals surface area contributed by atoms with E-state index in [-0.39, 0.29) is 16.8 Å². The SMILES string of the molecule is O=C(c1cc2ccccc2oc1=O)N1CCSC1c1cccc(Cl)c1. The van der Waals surface area contributed by atoms with Crippen LogP contribution in [0.2, 0.25) is 5.02 Å². The molecule has 126 valence electrons. The predicted octanol–water partition coefficient (Wildman–Crippen LogP) is 4.33. The van der Waals surface area contributed by atoms with Crippen molar-refractivity contribution >= 4 is 40.2 Å². The minimum atomic E-state index is -0.606. The molecule has 1 aromatic heterocycles. The number of rotatable bonds is 2. The van der Waals surface area contributed by atoms with Crippen molar-refractivity contribution in [3.05, 3.63) is 81.2 Å². The first kappa shape index (κ1) is 16.2. The lowest BCUT2D eigenvalue weighted by Crippen LogP contribution is -2.33. The van der Waals surface area contributed by atoms with Crippen molar-refractivity contribution in [2.75, 3.05) is 12.3 Å². The Balaban J connectivity index is 1.72. The Morgan fingerprint density at radius 3 is 2.84 bits per heavy atom. The molecule has 3 aromatic rings. The first-order chi connectivity index (χ1) is 12.1. The number of thioether (sulfide) groups is 1. The summed E-state index contributed by atoms with van der Waals surface area (Å²) < 4.78 is 5.30. The molecular formula is C19H14ClNO3S. The number of fused-ring (bicyclic) bond motifs is 1. The average molecular weight is 372 g/mol. The summed E-state index contributed by atoms with van der Waals surface area (Å²) in [4.78, 5) is 27.0. The summed E-state index contributed by atoms with van der Waals surface area (Å²) in [6.07, 6.45) is 0. The molecule has 1 fully saturated rings. The van der Waals surface area contributed by atoms with Gasteiger partial charge in [-0.05, 0) is 29.8 Å². The van der Waals surface area contributed by atoms with E-state index in [0.717, 1.165) is 16.7 Å². The Labute approximate surface area is 153 Å². The number of amides is 1. The van der Waals surface area contributed by atoms with Crippen molar-refractivity contribution in [2.45, 2.75) is 5.37 Å². The predicted molar refractivity (Wildman–Crippen MR) is 100 cm³/mol. The van der Waals surface area contributed by atoms with Crippen LogP contribution in [0, 0.1) is 0 Å². The third kappa shape index (κ3) is 3.05. The van der Waals surface area contributed by atoms with Gasteiger partial charge in [-0.25, -0.2) is 4.79 Å². The van der Waals surface area contributed by atoms with E-state index in [2.05, 4.69) is 0 Å². The van der Waals surface area contributed by atoms with Crippen molar-refractivity contribution in [1.82, 2.24) is 4.90 Å². The highest BCUT2D eigenvalue weighted by Crippen LogP contribution is 2.39. The van der Waals surface area contributed by atoms with Crippen LogP contribution in [0.1, 0.15) is 21.3 Å². The molecule has 1 unspecified atom stereocenters. The molecule has 0 aliphatic carbocycles. The number of halogens is 1. The molecule has 4 nitrogen and oxygen atoms in total. The maximum Gasteiger partial charge on any atom is 0.349 e. The molecule has 1 amide bonds. The molecule has 6 heteroatoms. The van der Waals surface area contributed by atoms with Crippen LogP contribution >= 0.6 is 23.4 Å². The number of hydrogen-bond acceptors (Lipinski definition) is 4. The van der Waals surface area contributed by atoms with Crippen molar-refractivity contribution in [1.29, 1.82) is 0 Å². The van der Waals surface area contributed by atoms with Crippen LogP contribution in [0.15, 0.2) is 63.8 Å². The van der Waals surface area contributed by atoms with Crippen molar-refractivity contribution in [3.63, 3.8) is 0 Å². The highest BCUT2D eigenvalue weighted by Gasteiger charge is 2.33. The number of benzene rings is 2. The van der Waals surface area contributed by atoms with Gasteiger partial charge in [0.1, 0.15) is 16.5 Å². The Bertz CT molecular complexity index is 1020. The van der Waals surface area contributed by atoms with Gasteiger partial charge in [0, 0.05) is 22.7 Å². The molecule has 0 spiro atoms. The fraction of sp³-hybridized carbons (Fsp3) is 0.158. The van der Waals surface area contributed by atoms with E-state index in [0.29, 0.717) is 17.2 Å². The van der Waals surface area contributed by atoms with E-state index < -0.39 is 5.63 Å². The standard InChI is InChI=1S/C19H14ClNO3S/c20-14-6-3-5-13(10-14)18-21(8-9-25-18)17(22)15-11-12-4-1-2-7-16(12)24-19(15)23/h1-7,10-11,18H,8-9H2. The molecule has 1 atom stereocenters. The summed E-state index contributed by atoms with van der Waals surface area (Å²) in [5.41, 5.74) is 0.887. The Hall–Kier alpha value is -2.24. The third-order valence-electron chi connectivity index (χ3n) is 4.16. The van der Waals surface area contributed by atoms with Crippen LogP contribution < -0.4 is 5.63 Å². The lowest BCUT2D eigenvalue weighted by molar-refractivity contribution is 0.0756. The fourth-order valence-electron chi connectivity index (χ4n) is 2.98. The summed E-state index contributed by atoms with van der Waals surface area (Å²) in [5.74, 6) is 0.497. The smallest absolute Gasteiger partial charge is 0.349 e. The van der Waals surface area contributed by atoms with Crippen molar-refractivity contribution in [3.8, 4) is 0 Å². The number of para-hydroxylation sites is 1. The largest absolute Gasteiger partial charge is 0.422 e. The van der Waals surface area contributed by atoms with E-state index in [1.807, 2.05) is 30.3 Å². The summed E-state index contributed by atoms with van der Waals surface area (Å²) in [6, 6.07) is 16.2. The normalized spacial score (nSPS) is 17.2. The van der Waals surface area contributed by atoms with Gasteiger partial charge in [0.15, 0.2) is 0 Å². The molecule has 1 aliphatic heterocycles. The van der Waals surface area contributed by atoms with Gasteiger partial charge in [-0.2, -0.15) is 0 Å². The number of nitrogens with zero attached hydrogens (tertiary/aromatic N) is 1. The molecule has 1 saturated heterocycles. The van der Waals surface area contributed by atoms with Crippen LogP contribution in [0.5, 0.6) is 0 Å². The number of hydrogen-bond donors (Lipinski definition) is 0. The zero-order valence-corrected chi connectivity index (χ0v) is 14.7. The molecule has 25 heavy (non-hydrogen) atoms. The highest BCUT2D eigenvalue weighted by atomic mass is 35.5. The first-order valence-electron chi connectivity index (χ1n) is 7.84. The van der Waals surface area contributed by atoms with Crippen LogP contribution in [-0.2, 0) is 0 Å². The Kier molecular flexibility index (Phi) is 4.27. The van der Waals surface area contributed by atoms with E-state index in [4.69, 9.17) is 16.0 Å². The fourth-order valence-corrected chi connectivity index (χ4v) is 4.42. The van der Waals surface area contributed by atoms with E-state index in [1.54, 1.807) is 40.9 Å². The number of carbonyl (C=O) groups excluding carboxylic acids is 1. The van der Waals surface area contributed by atoms with Gasteiger partial charge in [0.05, 0.1) is 0 Å². The third-order valence-corrected chi connectivity index (χ3v) is 5.65. The van der Waals surface area contributed by atoms with Gasteiger partial charge in [-0.1, -0.05) is 41.9 Å². The van der Waals surface area contributed by atoms with Gasteiger partial charge < -0.3 is 9.32 Å². The molecular weight excluding hydrogens is 358 g/mol. The van der Waals surface area contributed by atoms with Gasteiger partial charge >= 0.3 is 5.63 Å². The molecule has 0 saturated carbocycles. The molecule has 2 heterocycles. The topological polar surface area (TPSA) is 50.5 Å². The Morgan fingerprint density at radius 1 is 1.16 bits per heavy atom. The maximum atomic E-state index is 13.0. The lowest BCUT2D eigenvalue weighted by atomic mass is 10.1. The molecule has 2 aromatic carbocycles. The van der Waals surface area contributed by atoms with Crippen LogP contribution in [0.25, 0.3) is 11.0 Å². The van der Waals surface area contributed by atoms with Crippen LogP contribution in [-0.4, -0.2) is 23.1 Å². The lowest BCUT2D eigenvalue weighted by Gasteiger charge is -2.24. The van der Waals surface area contributed by atoms with Crippen molar-refractivity contribution < 1.29 is 9.21 Å². The van der Waals surface area contributed by atoms with Crippen LogP contribution in [0.3, 0.4) is 0 Å². The monoisotopic (exact) mass is 371 g/mol. The summed E-state index contributed by atoms with van der Waals surface area (Å²) in [7, 11) is 0. The second-order valence-corrected chi connectivity index (χ2v) is 7.39. The minimum Gasteiger partial charge on any atom is -0.422 e. The summed E-state index contributed by atoms with van der Waals surface area (Å²) in [6.45, 7) is 0.576. The average Bonchev–Trinajstić information content (AvgIpc) is 3.10. The quantitative estimate of drug-likeness (QED) is 0.629. The molecule has 1 aliphatic rings. The first-order valence-corrected chi connectivity index (χ1v) is 9.27.